The van der Waals surface area contributed by atoms with E-state index >= 15 is 0 Å². The van der Waals surface area contributed by atoms with Crippen LogP contribution in [0.15, 0.2) is 48.8 Å². The van der Waals surface area contributed by atoms with Gasteiger partial charge in [-0.15, -0.1) is 0 Å². The second-order valence-corrected chi connectivity index (χ2v) is 5.38. The molecule has 0 bridgehead atoms. The Bertz CT molecular complexity index is 634. The third-order valence-corrected chi connectivity index (χ3v) is 3.58. The first kappa shape index (κ1) is 17.9. The number of hydrogen-bond donors (Lipinski definition) is 2. The normalized spacial score (nSPS) is 10.6. The number of aromatic nitrogens is 1. The van der Waals surface area contributed by atoms with Gasteiger partial charge in [0.2, 0.25) is 5.91 Å². The molecule has 0 radical (unpaired) electrons. The highest BCUT2D eigenvalue weighted by atomic mass is 16.5. The Morgan fingerprint density at radius 3 is 2.83 bits per heavy atom. The number of para-hydroxylation sites is 1. The SMILES string of the molecule is COc1ccccc1CN(CCO)CC(=O)NCc1cccnc1. The third kappa shape index (κ3) is 5.64. The van der Waals surface area contributed by atoms with E-state index in [4.69, 9.17) is 4.74 Å². The number of carbonyl (C=O) groups excluding carboxylic acids is 1. The van der Waals surface area contributed by atoms with Crippen molar-refractivity contribution in [3.05, 3.63) is 59.9 Å². The summed E-state index contributed by atoms with van der Waals surface area (Å²) in [5.74, 6) is 0.679. The van der Waals surface area contributed by atoms with E-state index in [1.807, 2.05) is 41.3 Å². The predicted molar refractivity (Wildman–Crippen MR) is 91.4 cm³/mol. The van der Waals surface area contributed by atoms with Crippen molar-refractivity contribution in [2.24, 2.45) is 0 Å². The smallest absolute Gasteiger partial charge is 0.234 e. The number of hydrogen-bond acceptors (Lipinski definition) is 5. The van der Waals surface area contributed by atoms with Crippen LogP contribution in [-0.4, -0.2) is 47.7 Å². The van der Waals surface area contributed by atoms with Gasteiger partial charge in [0, 0.05) is 37.6 Å². The highest BCUT2D eigenvalue weighted by molar-refractivity contribution is 5.78. The van der Waals surface area contributed by atoms with Crippen LogP contribution in [0.3, 0.4) is 0 Å². The number of rotatable bonds is 9. The van der Waals surface area contributed by atoms with Gasteiger partial charge in [0.05, 0.1) is 20.3 Å². The minimum atomic E-state index is -0.0952. The molecule has 2 rings (SSSR count). The first-order valence-electron chi connectivity index (χ1n) is 7.83. The maximum absolute atomic E-state index is 12.2. The summed E-state index contributed by atoms with van der Waals surface area (Å²) in [7, 11) is 1.62. The molecule has 6 nitrogen and oxygen atoms in total. The van der Waals surface area contributed by atoms with Crippen LogP contribution in [0.1, 0.15) is 11.1 Å². The molecule has 0 saturated carbocycles. The van der Waals surface area contributed by atoms with Crippen molar-refractivity contribution < 1.29 is 14.6 Å². The molecule has 1 amide bonds. The molecule has 0 unspecified atom stereocenters. The first-order chi connectivity index (χ1) is 11.7. The fourth-order valence-electron chi connectivity index (χ4n) is 2.39. The van der Waals surface area contributed by atoms with Gasteiger partial charge >= 0.3 is 0 Å². The number of pyridine rings is 1. The summed E-state index contributed by atoms with van der Waals surface area (Å²) in [6, 6.07) is 11.4. The fraction of sp³-hybridized carbons (Fsp3) is 0.333. The second kappa shape index (κ2) is 9.64. The molecule has 1 heterocycles. The lowest BCUT2D eigenvalue weighted by atomic mass is 10.2. The van der Waals surface area contributed by atoms with Gasteiger partial charge in [-0.2, -0.15) is 0 Å². The first-order valence-corrected chi connectivity index (χ1v) is 7.83. The number of carbonyl (C=O) groups is 1. The predicted octanol–water partition coefficient (Wildman–Crippen LogP) is 1.20. The minimum Gasteiger partial charge on any atom is -0.496 e. The quantitative estimate of drug-likeness (QED) is 0.723. The molecular formula is C18H23N3O3. The molecule has 24 heavy (non-hydrogen) atoms. The average molecular weight is 329 g/mol. The van der Waals surface area contributed by atoms with Gasteiger partial charge in [0.1, 0.15) is 5.75 Å². The molecule has 1 aromatic carbocycles. The van der Waals surface area contributed by atoms with E-state index in [0.29, 0.717) is 19.6 Å². The Labute approximate surface area is 142 Å². The molecule has 0 aliphatic rings. The van der Waals surface area contributed by atoms with Crippen LogP contribution < -0.4 is 10.1 Å². The number of benzene rings is 1. The summed E-state index contributed by atoms with van der Waals surface area (Å²) in [6.07, 6.45) is 3.42. The Kier molecular flexibility index (Phi) is 7.20. The van der Waals surface area contributed by atoms with Crippen LogP contribution in [0.2, 0.25) is 0 Å². The van der Waals surface area contributed by atoms with Crippen LogP contribution >= 0.6 is 0 Å². The molecule has 0 fully saturated rings. The Hall–Kier alpha value is -2.44. The highest BCUT2D eigenvalue weighted by Gasteiger charge is 2.13. The number of methoxy groups -OCH3 is 1. The molecule has 0 aliphatic heterocycles. The molecule has 2 aromatic rings. The molecule has 0 atom stereocenters. The molecule has 0 saturated heterocycles. The maximum Gasteiger partial charge on any atom is 0.234 e. The topological polar surface area (TPSA) is 74.7 Å². The van der Waals surface area contributed by atoms with Crippen LogP contribution in [0.4, 0.5) is 0 Å². The zero-order chi connectivity index (χ0) is 17.2. The average Bonchev–Trinajstić information content (AvgIpc) is 2.61. The molecule has 128 valence electrons. The number of amides is 1. The van der Waals surface area contributed by atoms with E-state index in [9.17, 15) is 9.90 Å². The number of aliphatic hydroxyl groups is 1. The number of aliphatic hydroxyl groups excluding tert-OH is 1. The van der Waals surface area contributed by atoms with E-state index in [1.54, 1.807) is 19.5 Å². The van der Waals surface area contributed by atoms with Gasteiger partial charge in [0.25, 0.3) is 0 Å². The zero-order valence-electron chi connectivity index (χ0n) is 13.8. The third-order valence-electron chi connectivity index (χ3n) is 3.58. The van der Waals surface area contributed by atoms with E-state index in [1.165, 1.54) is 0 Å². The molecule has 2 N–H and O–H groups in total. The summed E-state index contributed by atoms with van der Waals surface area (Å²) in [4.78, 5) is 18.1. The van der Waals surface area contributed by atoms with Crippen molar-refractivity contribution >= 4 is 5.91 Å². The molecule has 1 aromatic heterocycles. The van der Waals surface area contributed by atoms with Gasteiger partial charge in [-0.1, -0.05) is 24.3 Å². The lowest BCUT2D eigenvalue weighted by Crippen LogP contribution is -2.38. The molecule has 6 heteroatoms. The Morgan fingerprint density at radius 2 is 2.12 bits per heavy atom. The van der Waals surface area contributed by atoms with Crippen molar-refractivity contribution in [2.45, 2.75) is 13.1 Å². The van der Waals surface area contributed by atoms with Gasteiger partial charge in [-0.05, 0) is 17.7 Å². The van der Waals surface area contributed by atoms with Crippen molar-refractivity contribution in [1.82, 2.24) is 15.2 Å². The lowest BCUT2D eigenvalue weighted by molar-refractivity contribution is -0.122. The molecule has 0 aliphatic carbocycles. The van der Waals surface area contributed by atoms with Crippen molar-refractivity contribution in [3.8, 4) is 5.75 Å². The van der Waals surface area contributed by atoms with Gasteiger partial charge < -0.3 is 15.2 Å². The lowest BCUT2D eigenvalue weighted by Gasteiger charge is -2.22. The monoisotopic (exact) mass is 329 g/mol. The molecular weight excluding hydrogens is 306 g/mol. The van der Waals surface area contributed by atoms with Gasteiger partial charge in [-0.25, -0.2) is 0 Å². The summed E-state index contributed by atoms with van der Waals surface area (Å²) < 4.78 is 5.34. The summed E-state index contributed by atoms with van der Waals surface area (Å²) in [6.45, 7) is 1.58. The molecule has 0 spiro atoms. The number of nitrogens with one attached hydrogen (secondary N) is 1. The van der Waals surface area contributed by atoms with Crippen LogP contribution in [-0.2, 0) is 17.9 Å². The van der Waals surface area contributed by atoms with E-state index in [2.05, 4.69) is 10.3 Å². The van der Waals surface area contributed by atoms with E-state index in [-0.39, 0.29) is 19.1 Å². The summed E-state index contributed by atoms with van der Waals surface area (Å²) in [5, 5.41) is 12.1. The maximum atomic E-state index is 12.2. The fourth-order valence-corrected chi connectivity index (χ4v) is 2.39. The van der Waals surface area contributed by atoms with Crippen LogP contribution in [0, 0.1) is 0 Å². The van der Waals surface area contributed by atoms with Gasteiger partial charge in [-0.3, -0.25) is 14.7 Å². The van der Waals surface area contributed by atoms with Crippen LogP contribution in [0.25, 0.3) is 0 Å². The summed E-state index contributed by atoms with van der Waals surface area (Å²) >= 11 is 0. The van der Waals surface area contributed by atoms with E-state index < -0.39 is 0 Å². The van der Waals surface area contributed by atoms with E-state index in [0.717, 1.165) is 16.9 Å². The minimum absolute atomic E-state index is 0.00889. The van der Waals surface area contributed by atoms with Gasteiger partial charge in [0.15, 0.2) is 0 Å². The van der Waals surface area contributed by atoms with Crippen molar-refractivity contribution in [1.29, 1.82) is 0 Å². The second-order valence-electron chi connectivity index (χ2n) is 5.38. The number of ether oxygens (including phenoxy) is 1. The zero-order valence-corrected chi connectivity index (χ0v) is 13.8. The largest absolute Gasteiger partial charge is 0.496 e. The Balaban J connectivity index is 1.91. The Morgan fingerprint density at radius 1 is 1.29 bits per heavy atom. The van der Waals surface area contributed by atoms with Crippen LogP contribution in [0.5, 0.6) is 5.75 Å². The van der Waals surface area contributed by atoms with Crippen molar-refractivity contribution in [3.63, 3.8) is 0 Å². The standard InChI is InChI=1S/C18H23N3O3/c1-24-17-7-3-2-6-16(17)13-21(9-10-22)14-18(23)20-12-15-5-4-8-19-11-15/h2-8,11,22H,9-10,12-14H2,1H3,(H,20,23). The number of nitrogens with zero attached hydrogens (tertiary/aromatic N) is 2. The highest BCUT2D eigenvalue weighted by Crippen LogP contribution is 2.19. The van der Waals surface area contributed by atoms with Crippen molar-refractivity contribution in [2.75, 3.05) is 26.8 Å². The summed E-state index contributed by atoms with van der Waals surface area (Å²) in [5.41, 5.74) is 1.93.